The van der Waals surface area contributed by atoms with Gasteiger partial charge in [0.25, 0.3) is 0 Å². The molecule has 1 saturated carbocycles. The average molecular weight is 361 g/mol. The summed E-state index contributed by atoms with van der Waals surface area (Å²) in [5.74, 6) is 1.53. The molecule has 0 amide bonds. The highest BCUT2D eigenvalue weighted by Crippen LogP contribution is 2.31. The highest BCUT2D eigenvalue weighted by Gasteiger charge is 2.20. The molecule has 4 N–H and O–H groups in total. The van der Waals surface area contributed by atoms with Crippen LogP contribution < -0.4 is 16.4 Å². The molecule has 4 rings (SSSR count). The second-order valence-corrected chi connectivity index (χ2v) is 7.97. The van der Waals surface area contributed by atoms with Crippen LogP contribution in [0.3, 0.4) is 0 Å². The highest BCUT2D eigenvalue weighted by atomic mass is 32.1. The van der Waals surface area contributed by atoms with E-state index in [1.165, 1.54) is 11.5 Å². The summed E-state index contributed by atoms with van der Waals surface area (Å²) in [6.45, 7) is 1.98. The third-order valence-corrected chi connectivity index (χ3v) is 5.99. The number of hydrogen-bond acceptors (Lipinski definition) is 8. The van der Waals surface area contributed by atoms with Crippen LogP contribution in [0.2, 0.25) is 0 Å². The van der Waals surface area contributed by atoms with E-state index >= 15 is 0 Å². The highest BCUT2D eigenvalue weighted by molar-refractivity contribution is 7.17. The Labute approximate surface area is 148 Å². The second-order valence-electron chi connectivity index (χ2n) is 6.24. The summed E-state index contributed by atoms with van der Waals surface area (Å²) >= 11 is 3.09. The molecular formula is C16H20N6S2. The number of fused-ring (bicyclic) bond motifs is 1. The number of nitrogens with one attached hydrogen (secondary N) is 2. The minimum Gasteiger partial charge on any atom is -0.366 e. The maximum absolute atomic E-state index is 6.01. The van der Waals surface area contributed by atoms with Crippen molar-refractivity contribution < 1.29 is 0 Å². The summed E-state index contributed by atoms with van der Waals surface area (Å²) in [4.78, 5) is 9.33. The lowest BCUT2D eigenvalue weighted by molar-refractivity contribution is 0.411. The minimum atomic E-state index is 0.349. The van der Waals surface area contributed by atoms with Gasteiger partial charge in [0, 0.05) is 12.1 Å². The quantitative estimate of drug-likeness (QED) is 0.654. The molecule has 1 aliphatic rings. The first-order valence-corrected chi connectivity index (χ1v) is 9.80. The molecule has 0 atom stereocenters. The molecule has 126 valence electrons. The zero-order valence-electron chi connectivity index (χ0n) is 13.5. The molecule has 0 aromatic carbocycles. The molecule has 8 heteroatoms. The first kappa shape index (κ1) is 15.7. The minimum absolute atomic E-state index is 0.349. The third kappa shape index (κ3) is 3.35. The van der Waals surface area contributed by atoms with Gasteiger partial charge in [-0.1, -0.05) is 0 Å². The Morgan fingerprint density at radius 3 is 2.79 bits per heavy atom. The van der Waals surface area contributed by atoms with Gasteiger partial charge in [-0.05, 0) is 61.7 Å². The SMILES string of the molecule is Cc1cc(Nc2nc(NC3CCC(N)CC3)c3sccc3n2)sn1. The summed E-state index contributed by atoms with van der Waals surface area (Å²) in [6, 6.07) is 4.82. The molecule has 1 fully saturated rings. The van der Waals surface area contributed by atoms with E-state index in [2.05, 4.69) is 25.4 Å². The average Bonchev–Trinajstić information content (AvgIpc) is 3.19. The first-order chi connectivity index (χ1) is 11.7. The fourth-order valence-electron chi connectivity index (χ4n) is 3.01. The lowest BCUT2D eigenvalue weighted by Gasteiger charge is -2.27. The van der Waals surface area contributed by atoms with Gasteiger partial charge in [0.15, 0.2) is 0 Å². The molecule has 3 aromatic heterocycles. The Morgan fingerprint density at radius 2 is 2.04 bits per heavy atom. The van der Waals surface area contributed by atoms with Gasteiger partial charge < -0.3 is 16.4 Å². The van der Waals surface area contributed by atoms with E-state index in [1.807, 2.05) is 19.1 Å². The molecule has 0 aliphatic heterocycles. The number of aromatic nitrogens is 3. The molecule has 1 aliphatic carbocycles. The van der Waals surface area contributed by atoms with Crippen molar-refractivity contribution in [2.24, 2.45) is 5.73 Å². The van der Waals surface area contributed by atoms with Crippen LogP contribution in [0.5, 0.6) is 0 Å². The summed E-state index contributed by atoms with van der Waals surface area (Å²) in [6.07, 6.45) is 4.33. The van der Waals surface area contributed by atoms with Gasteiger partial charge in [0.2, 0.25) is 5.95 Å². The standard InChI is InChI=1S/C16H20N6S2/c1-9-8-13(24-22-9)20-16-19-12-6-7-23-14(12)15(21-16)18-11-4-2-10(17)3-5-11/h6-8,10-11H,2-5,17H2,1H3,(H2,18,19,20,21). The largest absolute Gasteiger partial charge is 0.366 e. The van der Waals surface area contributed by atoms with Crippen molar-refractivity contribution >= 4 is 49.9 Å². The summed E-state index contributed by atoms with van der Waals surface area (Å²) in [5.41, 5.74) is 7.97. The second kappa shape index (κ2) is 6.62. The van der Waals surface area contributed by atoms with Gasteiger partial charge in [0.05, 0.1) is 15.9 Å². The van der Waals surface area contributed by atoms with Crippen molar-refractivity contribution in [2.45, 2.75) is 44.7 Å². The van der Waals surface area contributed by atoms with Crippen LogP contribution >= 0.6 is 22.9 Å². The number of hydrogen-bond donors (Lipinski definition) is 3. The molecule has 0 unspecified atom stereocenters. The predicted molar refractivity (Wildman–Crippen MR) is 101 cm³/mol. The van der Waals surface area contributed by atoms with Gasteiger partial charge in [-0.3, -0.25) is 0 Å². The Kier molecular flexibility index (Phi) is 4.34. The van der Waals surface area contributed by atoms with Crippen molar-refractivity contribution in [3.8, 4) is 0 Å². The van der Waals surface area contributed by atoms with E-state index in [-0.39, 0.29) is 0 Å². The number of aryl methyl sites for hydroxylation is 1. The van der Waals surface area contributed by atoms with Crippen LogP contribution in [0.25, 0.3) is 10.2 Å². The molecule has 6 nitrogen and oxygen atoms in total. The summed E-state index contributed by atoms with van der Waals surface area (Å²) in [5, 5.41) is 9.90. The molecule has 0 spiro atoms. The van der Waals surface area contributed by atoms with E-state index in [4.69, 9.17) is 10.7 Å². The lowest BCUT2D eigenvalue weighted by Crippen LogP contribution is -2.33. The van der Waals surface area contributed by atoms with Crippen molar-refractivity contribution in [1.29, 1.82) is 0 Å². The molecule has 24 heavy (non-hydrogen) atoms. The van der Waals surface area contributed by atoms with Gasteiger partial charge in [-0.25, -0.2) is 4.98 Å². The maximum Gasteiger partial charge on any atom is 0.230 e. The smallest absolute Gasteiger partial charge is 0.230 e. The van der Waals surface area contributed by atoms with Crippen molar-refractivity contribution in [3.05, 3.63) is 23.2 Å². The summed E-state index contributed by atoms with van der Waals surface area (Å²) in [7, 11) is 0. The van der Waals surface area contributed by atoms with E-state index in [1.54, 1.807) is 11.3 Å². The van der Waals surface area contributed by atoms with E-state index < -0.39 is 0 Å². The number of rotatable bonds is 4. The monoisotopic (exact) mass is 360 g/mol. The zero-order valence-corrected chi connectivity index (χ0v) is 15.1. The fraction of sp³-hybridized carbons (Fsp3) is 0.438. The normalized spacial score (nSPS) is 21.1. The van der Waals surface area contributed by atoms with Crippen LogP contribution in [0, 0.1) is 6.92 Å². The zero-order chi connectivity index (χ0) is 16.5. The maximum atomic E-state index is 6.01. The Bertz CT molecular complexity index is 834. The van der Waals surface area contributed by atoms with E-state index in [0.29, 0.717) is 18.0 Å². The topological polar surface area (TPSA) is 88.8 Å². The molecule has 0 bridgehead atoms. The van der Waals surface area contributed by atoms with Gasteiger partial charge in [-0.15, -0.1) is 11.3 Å². The van der Waals surface area contributed by atoms with E-state index in [9.17, 15) is 0 Å². The first-order valence-electron chi connectivity index (χ1n) is 8.15. The molecule has 0 radical (unpaired) electrons. The van der Waals surface area contributed by atoms with Crippen LogP contribution in [0.4, 0.5) is 16.8 Å². The van der Waals surface area contributed by atoms with Crippen LogP contribution in [-0.2, 0) is 0 Å². The third-order valence-electron chi connectivity index (χ3n) is 4.28. The van der Waals surface area contributed by atoms with Crippen molar-refractivity contribution in [1.82, 2.24) is 14.3 Å². The van der Waals surface area contributed by atoms with Crippen LogP contribution in [-0.4, -0.2) is 26.4 Å². The van der Waals surface area contributed by atoms with Crippen molar-refractivity contribution in [2.75, 3.05) is 10.6 Å². The Hall–Kier alpha value is -1.77. The van der Waals surface area contributed by atoms with Gasteiger partial charge >= 0.3 is 0 Å². The Balaban J connectivity index is 1.60. The molecule has 0 saturated heterocycles. The van der Waals surface area contributed by atoms with Crippen LogP contribution in [0.1, 0.15) is 31.4 Å². The molecule has 3 aromatic rings. The lowest BCUT2D eigenvalue weighted by atomic mass is 9.92. The number of anilines is 3. The Morgan fingerprint density at radius 1 is 1.21 bits per heavy atom. The van der Waals surface area contributed by atoms with Gasteiger partial charge in [-0.2, -0.15) is 9.36 Å². The predicted octanol–water partition coefficient (Wildman–Crippen LogP) is 3.88. The molecular weight excluding hydrogens is 340 g/mol. The fourth-order valence-corrected chi connectivity index (χ4v) is 4.45. The van der Waals surface area contributed by atoms with Crippen molar-refractivity contribution in [3.63, 3.8) is 0 Å². The summed E-state index contributed by atoms with van der Waals surface area (Å²) < 4.78 is 5.39. The number of thiophene rings is 1. The van der Waals surface area contributed by atoms with Crippen LogP contribution in [0.15, 0.2) is 17.5 Å². The number of nitrogens with two attached hydrogens (primary N) is 1. The number of nitrogens with zero attached hydrogens (tertiary/aromatic N) is 3. The van der Waals surface area contributed by atoms with Gasteiger partial charge in [0.1, 0.15) is 10.8 Å². The van der Waals surface area contributed by atoms with E-state index in [0.717, 1.165) is 52.4 Å². The molecule has 3 heterocycles.